The first-order valence-corrected chi connectivity index (χ1v) is 11.0. The van der Waals surface area contributed by atoms with Crippen LogP contribution in [0.4, 0.5) is 4.79 Å². The summed E-state index contributed by atoms with van der Waals surface area (Å²) in [6.07, 6.45) is 7.27. The Balaban J connectivity index is 1.61. The monoisotopic (exact) mass is 462 g/mol. The van der Waals surface area contributed by atoms with Crippen LogP contribution in [-0.2, 0) is 29.1 Å². The highest BCUT2D eigenvalue weighted by molar-refractivity contribution is 5.82. The molecule has 8 heteroatoms. The van der Waals surface area contributed by atoms with Crippen LogP contribution in [0.2, 0.25) is 0 Å². The number of aryl methyl sites for hydroxylation is 1. The molecule has 0 spiro atoms. The summed E-state index contributed by atoms with van der Waals surface area (Å²) >= 11 is 0. The van der Waals surface area contributed by atoms with Crippen LogP contribution in [0.25, 0.3) is 5.65 Å². The van der Waals surface area contributed by atoms with Crippen LogP contribution in [0.5, 0.6) is 5.75 Å². The molecule has 2 amide bonds. The lowest BCUT2D eigenvalue weighted by atomic mass is 10.1. The summed E-state index contributed by atoms with van der Waals surface area (Å²) in [4.78, 5) is 28.5. The van der Waals surface area contributed by atoms with E-state index in [4.69, 9.17) is 15.9 Å². The van der Waals surface area contributed by atoms with Gasteiger partial charge in [-0.25, -0.2) is 9.78 Å². The first kappa shape index (κ1) is 24.6. The number of aromatic nitrogens is 2. The number of hydrogen-bond acceptors (Lipinski definition) is 5. The van der Waals surface area contributed by atoms with E-state index >= 15 is 0 Å². The summed E-state index contributed by atoms with van der Waals surface area (Å²) in [5.74, 6) is 3.00. The number of imidazole rings is 1. The van der Waals surface area contributed by atoms with E-state index in [1.807, 2.05) is 53.9 Å². The highest BCUT2D eigenvalue weighted by Crippen LogP contribution is 2.23. The van der Waals surface area contributed by atoms with E-state index in [1.54, 1.807) is 20.8 Å². The van der Waals surface area contributed by atoms with Crippen molar-refractivity contribution in [3.05, 3.63) is 65.1 Å². The van der Waals surface area contributed by atoms with E-state index < -0.39 is 11.7 Å². The predicted octanol–water partition coefficient (Wildman–Crippen LogP) is 3.54. The molecule has 0 fully saturated rings. The van der Waals surface area contributed by atoms with Gasteiger partial charge in [-0.1, -0.05) is 24.3 Å². The maximum absolute atomic E-state index is 12.2. The fourth-order valence-corrected chi connectivity index (χ4v) is 3.38. The van der Waals surface area contributed by atoms with Crippen molar-refractivity contribution < 1.29 is 19.1 Å². The topological polar surface area (TPSA) is 94.0 Å². The van der Waals surface area contributed by atoms with Gasteiger partial charge in [0.05, 0.1) is 17.8 Å². The van der Waals surface area contributed by atoms with Crippen molar-refractivity contribution in [2.24, 2.45) is 0 Å². The van der Waals surface area contributed by atoms with Gasteiger partial charge in [-0.3, -0.25) is 9.20 Å². The molecule has 0 radical (unpaired) electrons. The highest BCUT2D eigenvalue weighted by atomic mass is 16.6. The van der Waals surface area contributed by atoms with Crippen molar-refractivity contribution in [1.82, 2.24) is 20.0 Å². The van der Waals surface area contributed by atoms with Gasteiger partial charge in [-0.15, -0.1) is 12.3 Å². The fraction of sp³-hybridized carbons (Fsp3) is 0.346. The number of terminal acetylenes is 1. The number of benzene rings is 1. The van der Waals surface area contributed by atoms with Crippen LogP contribution in [-0.4, -0.2) is 33.5 Å². The Labute approximate surface area is 199 Å². The number of fused-ring (bicyclic) bond motifs is 1. The molecule has 0 unspecified atom stereocenters. The minimum atomic E-state index is -0.634. The fourth-order valence-electron chi connectivity index (χ4n) is 3.38. The third kappa shape index (κ3) is 6.51. The van der Waals surface area contributed by atoms with Crippen LogP contribution in [0.3, 0.4) is 0 Å². The summed E-state index contributed by atoms with van der Waals surface area (Å²) in [6.45, 7) is 7.64. The first-order valence-electron chi connectivity index (χ1n) is 11.0. The molecule has 2 heterocycles. The van der Waals surface area contributed by atoms with E-state index in [9.17, 15) is 9.59 Å². The Morgan fingerprint density at radius 3 is 2.56 bits per heavy atom. The lowest BCUT2D eigenvalue weighted by molar-refractivity contribution is -0.120. The molecule has 3 rings (SSSR count). The van der Waals surface area contributed by atoms with Gasteiger partial charge in [0.15, 0.2) is 11.4 Å². The third-order valence-electron chi connectivity index (χ3n) is 4.95. The second-order valence-corrected chi connectivity index (χ2v) is 8.78. The molecule has 178 valence electrons. The van der Waals surface area contributed by atoms with Crippen molar-refractivity contribution in [1.29, 1.82) is 0 Å². The second-order valence-electron chi connectivity index (χ2n) is 8.78. The summed E-state index contributed by atoms with van der Waals surface area (Å²) < 4.78 is 13.2. The number of pyridine rings is 1. The van der Waals surface area contributed by atoms with E-state index in [1.165, 1.54) is 0 Å². The van der Waals surface area contributed by atoms with Gasteiger partial charge in [-0.05, 0) is 51.0 Å². The predicted molar refractivity (Wildman–Crippen MR) is 129 cm³/mol. The van der Waals surface area contributed by atoms with Crippen molar-refractivity contribution in [3.63, 3.8) is 0 Å². The molecule has 0 saturated carbocycles. The van der Waals surface area contributed by atoms with Gasteiger partial charge in [0.25, 0.3) is 0 Å². The molecule has 2 aromatic heterocycles. The smallest absolute Gasteiger partial charge is 0.408 e. The zero-order valence-electron chi connectivity index (χ0n) is 20.0. The molecule has 2 N–H and O–H groups in total. The van der Waals surface area contributed by atoms with Gasteiger partial charge in [0.2, 0.25) is 5.91 Å². The van der Waals surface area contributed by atoms with Gasteiger partial charge in [0, 0.05) is 12.7 Å². The maximum Gasteiger partial charge on any atom is 0.408 e. The summed E-state index contributed by atoms with van der Waals surface area (Å²) in [5, 5.41) is 5.26. The van der Waals surface area contributed by atoms with Crippen molar-refractivity contribution in [2.75, 3.05) is 6.54 Å². The Morgan fingerprint density at radius 2 is 1.85 bits per heavy atom. The molecule has 0 atom stereocenters. The number of alkyl carbamates (subject to hydrolysis) is 1. The number of rotatable bonds is 8. The SMILES string of the molecule is C#CCc1c(C)nc2c(OCc3ccccc3CNC(=O)CNC(=O)OC(C)(C)C)cccn12. The van der Waals surface area contributed by atoms with E-state index in [2.05, 4.69) is 21.5 Å². The summed E-state index contributed by atoms with van der Waals surface area (Å²) in [6, 6.07) is 11.4. The standard InChI is InChI=1S/C26H30N4O4/c1-6-10-21-18(2)29-24-22(13-9-14-30(21)24)33-17-20-12-8-7-11-19(20)15-27-23(31)16-28-25(32)34-26(3,4)5/h1,7-9,11-14H,10,15-17H2,2-5H3,(H,27,31)(H,28,32). The van der Waals surface area contributed by atoms with Gasteiger partial charge in [0.1, 0.15) is 18.8 Å². The molecule has 0 saturated heterocycles. The number of amides is 2. The van der Waals surface area contributed by atoms with Gasteiger partial charge in [-0.2, -0.15) is 0 Å². The van der Waals surface area contributed by atoms with E-state index in [0.717, 1.165) is 22.5 Å². The molecular formula is C26H30N4O4. The largest absolute Gasteiger partial charge is 0.485 e. The minimum absolute atomic E-state index is 0.172. The zero-order valence-corrected chi connectivity index (χ0v) is 20.0. The maximum atomic E-state index is 12.2. The average Bonchev–Trinajstić information content (AvgIpc) is 3.10. The van der Waals surface area contributed by atoms with Crippen LogP contribution < -0.4 is 15.4 Å². The Bertz CT molecular complexity index is 1220. The number of carbonyl (C=O) groups excluding carboxylic acids is 2. The normalized spacial score (nSPS) is 11.0. The van der Waals surface area contributed by atoms with Crippen LogP contribution in [0, 0.1) is 19.3 Å². The number of hydrogen-bond donors (Lipinski definition) is 2. The van der Waals surface area contributed by atoms with Crippen molar-refractivity contribution in [3.8, 4) is 18.1 Å². The van der Waals surface area contributed by atoms with E-state index in [-0.39, 0.29) is 12.5 Å². The quantitative estimate of drug-likeness (QED) is 0.500. The van der Waals surface area contributed by atoms with Gasteiger partial charge < -0.3 is 20.1 Å². The first-order chi connectivity index (χ1) is 16.2. The molecule has 0 bridgehead atoms. The molecule has 0 aliphatic rings. The van der Waals surface area contributed by atoms with Crippen LogP contribution in [0.15, 0.2) is 42.6 Å². The number of nitrogens with one attached hydrogen (secondary N) is 2. The zero-order chi connectivity index (χ0) is 24.7. The Hall–Kier alpha value is -3.99. The number of carbonyl (C=O) groups is 2. The molecule has 34 heavy (non-hydrogen) atoms. The van der Waals surface area contributed by atoms with Crippen LogP contribution in [0.1, 0.15) is 43.3 Å². The minimum Gasteiger partial charge on any atom is -0.485 e. The Morgan fingerprint density at radius 1 is 1.12 bits per heavy atom. The van der Waals surface area contributed by atoms with E-state index in [0.29, 0.717) is 31.0 Å². The van der Waals surface area contributed by atoms with Gasteiger partial charge >= 0.3 is 6.09 Å². The second kappa shape index (κ2) is 10.8. The third-order valence-corrected chi connectivity index (χ3v) is 4.95. The van der Waals surface area contributed by atoms with Crippen molar-refractivity contribution in [2.45, 2.75) is 52.9 Å². The molecule has 1 aromatic carbocycles. The number of ether oxygens (including phenoxy) is 2. The molecular weight excluding hydrogens is 432 g/mol. The molecule has 0 aliphatic carbocycles. The lowest BCUT2D eigenvalue weighted by Crippen LogP contribution is -2.39. The lowest BCUT2D eigenvalue weighted by Gasteiger charge is -2.19. The Kier molecular flexibility index (Phi) is 7.79. The number of nitrogens with zero attached hydrogens (tertiary/aromatic N) is 2. The highest BCUT2D eigenvalue weighted by Gasteiger charge is 2.17. The van der Waals surface area contributed by atoms with Crippen LogP contribution >= 0.6 is 0 Å². The van der Waals surface area contributed by atoms with Crippen molar-refractivity contribution >= 4 is 17.6 Å². The molecule has 8 nitrogen and oxygen atoms in total. The average molecular weight is 463 g/mol. The summed E-state index contributed by atoms with van der Waals surface area (Å²) in [5.41, 5.74) is 3.76. The molecule has 0 aliphatic heterocycles. The molecule has 3 aromatic rings. The summed E-state index contributed by atoms with van der Waals surface area (Å²) in [7, 11) is 0.